The van der Waals surface area contributed by atoms with E-state index in [4.69, 9.17) is 14.8 Å². The van der Waals surface area contributed by atoms with Crippen molar-refractivity contribution in [2.24, 2.45) is 0 Å². The van der Waals surface area contributed by atoms with Gasteiger partial charge in [0, 0.05) is 34.5 Å². The molecular formula is C46H48N4OPt. The van der Waals surface area contributed by atoms with Crippen LogP contribution in [0.1, 0.15) is 87.7 Å². The van der Waals surface area contributed by atoms with E-state index in [1.807, 2.05) is 16.9 Å². The van der Waals surface area contributed by atoms with E-state index in [9.17, 15) is 0 Å². The van der Waals surface area contributed by atoms with Gasteiger partial charge in [0.05, 0.1) is 5.69 Å². The minimum Gasteiger partial charge on any atom is -0.509 e. The third-order valence-corrected chi connectivity index (χ3v) is 10.1. The van der Waals surface area contributed by atoms with Gasteiger partial charge >= 0.3 is 21.1 Å². The fraction of sp³-hybridized carbons (Fsp3) is 0.304. The summed E-state index contributed by atoms with van der Waals surface area (Å²) in [7, 11) is 0. The molecule has 52 heavy (non-hydrogen) atoms. The third-order valence-electron chi connectivity index (χ3n) is 10.1. The van der Waals surface area contributed by atoms with Gasteiger partial charge in [-0.2, -0.15) is 11.2 Å². The first kappa shape index (κ1) is 37.3. The molecule has 3 aromatic heterocycles. The van der Waals surface area contributed by atoms with Crippen LogP contribution in [0.25, 0.3) is 44.4 Å². The maximum absolute atomic E-state index is 6.68. The topological polar surface area (TPSA) is 44.9 Å². The first-order chi connectivity index (χ1) is 24.1. The number of rotatable bonds is 6. The molecule has 0 aliphatic carbocycles. The molecule has 0 radical (unpaired) electrons. The van der Waals surface area contributed by atoms with E-state index in [2.05, 4.69) is 160 Å². The monoisotopic (exact) mass is 867 g/mol. The Morgan fingerprint density at radius 1 is 0.712 bits per heavy atom. The molecule has 0 aliphatic heterocycles. The smallest absolute Gasteiger partial charge is 0.509 e. The molecule has 0 bridgehead atoms. The number of nitrogens with zero attached hydrogens (tertiary/aromatic N) is 4. The molecule has 7 rings (SSSR count). The van der Waals surface area contributed by atoms with Crippen LogP contribution < -0.4 is 4.74 Å². The molecule has 0 saturated heterocycles. The molecule has 0 amide bonds. The van der Waals surface area contributed by atoms with Gasteiger partial charge < -0.3 is 9.30 Å². The quantitative estimate of drug-likeness (QED) is 0.156. The zero-order valence-corrected chi connectivity index (χ0v) is 34.5. The summed E-state index contributed by atoms with van der Waals surface area (Å²) in [4.78, 5) is 4.78. The molecule has 0 unspecified atom stereocenters. The van der Waals surface area contributed by atoms with Crippen molar-refractivity contribution in [1.29, 1.82) is 0 Å². The standard InChI is InChI=1S/C46H48N4O.Pt/c1-12-32-19-20-47-42(23-32)49-40-16-14-13-15-38(40)39-18-17-36(27-41(39)49)51-37-25-34(46(9,10)11)24-35(26-37)50-31(5)44(30(4)48-50)43-28(2)21-33(22-29(43)3)45(6,7)8;/h13-25H,12H2,1-11H3;/q-2;+2. The summed E-state index contributed by atoms with van der Waals surface area (Å²) in [5.41, 5.74) is 13.6. The van der Waals surface area contributed by atoms with Crippen LogP contribution in [0.2, 0.25) is 0 Å². The van der Waals surface area contributed by atoms with Crippen LogP contribution in [0, 0.1) is 39.8 Å². The van der Waals surface area contributed by atoms with Crippen molar-refractivity contribution in [3.05, 3.63) is 130 Å². The van der Waals surface area contributed by atoms with Gasteiger partial charge in [0.1, 0.15) is 5.82 Å². The van der Waals surface area contributed by atoms with E-state index in [1.165, 1.54) is 33.4 Å². The van der Waals surface area contributed by atoms with Crippen molar-refractivity contribution in [2.75, 3.05) is 0 Å². The molecule has 0 aliphatic rings. The number of aromatic nitrogens is 4. The Hall–Kier alpha value is -4.47. The van der Waals surface area contributed by atoms with Crippen LogP contribution in [-0.4, -0.2) is 19.3 Å². The van der Waals surface area contributed by atoms with E-state index in [-0.39, 0.29) is 31.9 Å². The predicted octanol–water partition coefficient (Wildman–Crippen LogP) is 11.8. The van der Waals surface area contributed by atoms with Crippen molar-refractivity contribution < 1.29 is 25.8 Å². The van der Waals surface area contributed by atoms with Crippen LogP contribution in [-0.2, 0) is 38.3 Å². The zero-order valence-electron chi connectivity index (χ0n) is 32.2. The fourth-order valence-corrected chi connectivity index (χ4v) is 7.25. The van der Waals surface area contributed by atoms with Gasteiger partial charge in [0.15, 0.2) is 0 Å². The first-order valence-corrected chi connectivity index (χ1v) is 18.0. The van der Waals surface area contributed by atoms with Crippen molar-refractivity contribution in [2.45, 2.75) is 93.4 Å². The molecule has 0 atom stereocenters. The number of hydrogen-bond acceptors (Lipinski definition) is 3. The molecule has 4 aromatic carbocycles. The summed E-state index contributed by atoms with van der Waals surface area (Å²) in [6.07, 6.45) is 2.82. The molecule has 7 aromatic rings. The van der Waals surface area contributed by atoms with E-state index in [0.29, 0.717) is 11.5 Å². The van der Waals surface area contributed by atoms with Crippen molar-refractivity contribution in [1.82, 2.24) is 19.3 Å². The molecule has 3 heterocycles. The zero-order chi connectivity index (χ0) is 36.4. The van der Waals surface area contributed by atoms with Gasteiger partial charge in [0.2, 0.25) is 0 Å². The minimum absolute atomic E-state index is 0. The number of hydrogen-bond donors (Lipinski definition) is 0. The maximum Gasteiger partial charge on any atom is 2.00 e. The van der Waals surface area contributed by atoms with Gasteiger partial charge in [-0.15, -0.1) is 41.3 Å². The predicted molar refractivity (Wildman–Crippen MR) is 211 cm³/mol. The molecule has 6 heteroatoms. The van der Waals surface area contributed by atoms with Crippen LogP contribution in [0.5, 0.6) is 11.5 Å². The molecule has 268 valence electrons. The number of para-hydroxylation sites is 1. The number of benzene rings is 4. The Balaban J connectivity index is 0.00000464. The van der Waals surface area contributed by atoms with Crippen molar-refractivity contribution in [3.63, 3.8) is 0 Å². The molecule has 0 saturated carbocycles. The summed E-state index contributed by atoms with van der Waals surface area (Å²) < 4.78 is 10.9. The van der Waals surface area contributed by atoms with Gasteiger partial charge in [-0.05, 0) is 102 Å². The van der Waals surface area contributed by atoms with E-state index in [1.54, 1.807) is 0 Å². The summed E-state index contributed by atoms with van der Waals surface area (Å²) in [5.74, 6) is 2.11. The second-order valence-corrected chi connectivity index (χ2v) is 16.0. The van der Waals surface area contributed by atoms with E-state index >= 15 is 0 Å². The van der Waals surface area contributed by atoms with Crippen molar-refractivity contribution in [3.8, 4) is 34.1 Å². The summed E-state index contributed by atoms with van der Waals surface area (Å²) in [6, 6.07) is 33.0. The van der Waals surface area contributed by atoms with Gasteiger partial charge in [-0.1, -0.05) is 84.3 Å². The normalized spacial score (nSPS) is 12.1. The Morgan fingerprint density at radius 3 is 2.06 bits per heavy atom. The number of aryl methyl sites for hydroxylation is 4. The largest absolute Gasteiger partial charge is 2.00 e. The molecule has 5 nitrogen and oxygen atoms in total. The van der Waals surface area contributed by atoms with Crippen LogP contribution in [0.15, 0.2) is 79.0 Å². The number of fused-ring (bicyclic) bond motifs is 3. The maximum atomic E-state index is 6.68. The average Bonchev–Trinajstić information content (AvgIpc) is 3.56. The Morgan fingerprint density at radius 2 is 1.38 bits per heavy atom. The SMILES string of the molecule is CCc1ccnc(-n2c3[c-]c(Oc4[c-]c(-n5nc(C)c(-c6c(C)cc(C(C)(C)C)cc6C)c5C)cc(C(C)(C)C)c4)ccc3c3ccccc32)c1.[Pt+2]. The third kappa shape index (κ3) is 6.76. The van der Waals surface area contributed by atoms with Crippen molar-refractivity contribution >= 4 is 21.8 Å². The first-order valence-electron chi connectivity index (χ1n) is 18.0. The van der Waals surface area contributed by atoms with Gasteiger partial charge in [0.25, 0.3) is 0 Å². The average molecular weight is 868 g/mol. The van der Waals surface area contributed by atoms with Crippen LogP contribution >= 0.6 is 0 Å². The minimum atomic E-state index is -0.132. The Kier molecular flexibility index (Phi) is 9.91. The summed E-state index contributed by atoms with van der Waals surface area (Å²) >= 11 is 0. The summed E-state index contributed by atoms with van der Waals surface area (Å²) in [6.45, 7) is 24.3. The molecule has 0 spiro atoms. The van der Waals surface area contributed by atoms with Crippen LogP contribution in [0.3, 0.4) is 0 Å². The van der Waals surface area contributed by atoms with E-state index in [0.717, 1.165) is 56.7 Å². The second-order valence-electron chi connectivity index (χ2n) is 16.0. The molecule has 0 fully saturated rings. The van der Waals surface area contributed by atoms with Gasteiger partial charge in [-0.25, -0.2) is 4.98 Å². The van der Waals surface area contributed by atoms with Gasteiger partial charge in [-0.3, -0.25) is 4.68 Å². The summed E-state index contributed by atoms with van der Waals surface area (Å²) in [5, 5.41) is 7.37. The second kappa shape index (κ2) is 13.8. The van der Waals surface area contributed by atoms with E-state index < -0.39 is 0 Å². The Labute approximate surface area is 323 Å². The number of pyridine rings is 1. The molecular weight excluding hydrogens is 820 g/mol. The fourth-order valence-electron chi connectivity index (χ4n) is 7.25. The molecule has 0 N–H and O–H groups in total. The van der Waals surface area contributed by atoms with Crippen LogP contribution in [0.4, 0.5) is 0 Å². The number of ether oxygens (including phenoxy) is 1. The Bertz CT molecular complexity index is 2430.